The Labute approximate surface area is 171 Å². The summed E-state index contributed by atoms with van der Waals surface area (Å²) in [6.07, 6.45) is 0. The van der Waals surface area contributed by atoms with Crippen molar-refractivity contribution < 1.29 is 9.72 Å². The van der Waals surface area contributed by atoms with Gasteiger partial charge in [0.05, 0.1) is 11.5 Å². The van der Waals surface area contributed by atoms with Gasteiger partial charge in [0.15, 0.2) is 11.0 Å². The van der Waals surface area contributed by atoms with Gasteiger partial charge in [-0.2, -0.15) is 0 Å². The summed E-state index contributed by atoms with van der Waals surface area (Å²) in [6.45, 7) is 2.51. The second kappa shape index (κ2) is 9.69. The van der Waals surface area contributed by atoms with Crippen molar-refractivity contribution in [1.29, 1.82) is 0 Å². The molecule has 29 heavy (non-hydrogen) atoms. The number of hydrogen-bond acceptors (Lipinski definition) is 6. The highest BCUT2D eigenvalue weighted by Crippen LogP contribution is 2.26. The molecule has 0 atom stereocenters. The number of rotatable bonds is 8. The molecule has 2 amide bonds. The number of urea groups is 1. The predicted octanol–water partition coefficient (Wildman–Crippen LogP) is 3.29. The molecule has 3 aromatic rings. The van der Waals surface area contributed by atoms with Gasteiger partial charge in [-0.15, -0.1) is 10.2 Å². The highest BCUT2D eigenvalue weighted by Gasteiger charge is 2.16. The van der Waals surface area contributed by atoms with Crippen molar-refractivity contribution in [2.75, 3.05) is 6.54 Å². The lowest BCUT2D eigenvalue weighted by molar-refractivity contribution is -0.384. The van der Waals surface area contributed by atoms with E-state index in [0.29, 0.717) is 29.0 Å². The molecule has 0 fully saturated rings. The molecule has 0 aliphatic heterocycles. The predicted molar refractivity (Wildman–Crippen MR) is 110 cm³/mol. The maximum absolute atomic E-state index is 11.7. The fourth-order valence-corrected chi connectivity index (χ4v) is 3.52. The molecule has 0 saturated carbocycles. The molecule has 0 bridgehead atoms. The quantitative estimate of drug-likeness (QED) is 0.333. The van der Waals surface area contributed by atoms with E-state index in [9.17, 15) is 14.9 Å². The number of amides is 2. The zero-order valence-electron chi connectivity index (χ0n) is 15.7. The largest absolute Gasteiger partial charge is 0.338 e. The number of benzene rings is 2. The number of thioether (sulfide) groups is 1. The van der Waals surface area contributed by atoms with Gasteiger partial charge in [0.1, 0.15) is 0 Å². The molecule has 0 radical (unpaired) electrons. The molecule has 2 N–H and O–H groups in total. The molecular formula is C19H20N6O3S. The first-order valence-electron chi connectivity index (χ1n) is 8.96. The summed E-state index contributed by atoms with van der Waals surface area (Å²) in [5.41, 5.74) is 1.82. The highest BCUT2D eigenvalue weighted by atomic mass is 32.2. The number of non-ortho nitro benzene ring substituents is 1. The zero-order valence-corrected chi connectivity index (χ0v) is 16.6. The second-order valence-corrected chi connectivity index (χ2v) is 6.94. The molecule has 3 rings (SSSR count). The van der Waals surface area contributed by atoms with Crippen molar-refractivity contribution in [1.82, 2.24) is 25.4 Å². The lowest BCUT2D eigenvalue weighted by atomic mass is 10.2. The lowest BCUT2D eigenvalue weighted by Gasteiger charge is -2.11. The molecule has 1 heterocycles. The molecule has 0 saturated heterocycles. The van der Waals surface area contributed by atoms with Crippen LogP contribution in [0.4, 0.5) is 10.5 Å². The molecule has 2 aromatic carbocycles. The van der Waals surface area contributed by atoms with Crippen molar-refractivity contribution in [3.8, 4) is 5.69 Å². The van der Waals surface area contributed by atoms with Crippen LogP contribution in [0.3, 0.4) is 0 Å². The van der Waals surface area contributed by atoms with Crippen LogP contribution in [0.2, 0.25) is 0 Å². The summed E-state index contributed by atoms with van der Waals surface area (Å²) in [4.78, 5) is 22.2. The Balaban J connectivity index is 1.86. The molecule has 1 aromatic heterocycles. The fourth-order valence-electron chi connectivity index (χ4n) is 2.60. The minimum absolute atomic E-state index is 0.00214. The van der Waals surface area contributed by atoms with Crippen LogP contribution in [-0.4, -0.2) is 32.3 Å². The lowest BCUT2D eigenvalue weighted by Crippen LogP contribution is -2.35. The van der Waals surface area contributed by atoms with Crippen LogP contribution in [0.1, 0.15) is 18.3 Å². The van der Waals surface area contributed by atoms with Crippen LogP contribution in [-0.2, 0) is 12.3 Å². The number of nitrogens with zero attached hydrogens (tertiary/aromatic N) is 4. The second-order valence-electron chi connectivity index (χ2n) is 6.00. The van der Waals surface area contributed by atoms with Gasteiger partial charge in [0, 0.05) is 30.1 Å². The van der Waals surface area contributed by atoms with Crippen molar-refractivity contribution in [3.63, 3.8) is 0 Å². The van der Waals surface area contributed by atoms with Gasteiger partial charge >= 0.3 is 6.03 Å². The van der Waals surface area contributed by atoms with Crippen molar-refractivity contribution in [2.45, 2.75) is 24.4 Å². The van der Waals surface area contributed by atoms with E-state index >= 15 is 0 Å². The first kappa shape index (κ1) is 20.3. The highest BCUT2D eigenvalue weighted by molar-refractivity contribution is 7.98. The average Bonchev–Trinajstić information content (AvgIpc) is 3.14. The Bertz CT molecular complexity index is 975. The standard InChI is InChI=1S/C19H20N6O3S/c1-2-20-18(26)21-12-17-22-23-19(29-13-14-6-4-3-5-7-14)24(17)15-8-10-16(11-9-15)25(27)28/h3-11H,2,12-13H2,1H3,(H2,20,21,26). The van der Waals surface area contributed by atoms with Crippen LogP contribution in [0.15, 0.2) is 59.8 Å². The van der Waals surface area contributed by atoms with Gasteiger partial charge in [-0.25, -0.2) is 4.79 Å². The third kappa shape index (κ3) is 5.32. The van der Waals surface area contributed by atoms with Gasteiger partial charge in [-0.3, -0.25) is 14.7 Å². The van der Waals surface area contributed by atoms with E-state index in [1.165, 1.54) is 23.9 Å². The van der Waals surface area contributed by atoms with E-state index < -0.39 is 4.92 Å². The van der Waals surface area contributed by atoms with Gasteiger partial charge in [0.25, 0.3) is 5.69 Å². The number of carbonyl (C=O) groups excluding carboxylic acids is 1. The van der Waals surface area contributed by atoms with Crippen molar-refractivity contribution >= 4 is 23.5 Å². The topological polar surface area (TPSA) is 115 Å². The van der Waals surface area contributed by atoms with E-state index in [0.717, 1.165) is 5.56 Å². The molecule has 0 aliphatic rings. The summed E-state index contributed by atoms with van der Waals surface area (Å²) in [5.74, 6) is 1.22. The molecule has 9 nitrogen and oxygen atoms in total. The minimum atomic E-state index is -0.446. The van der Waals surface area contributed by atoms with Crippen LogP contribution in [0.5, 0.6) is 0 Å². The minimum Gasteiger partial charge on any atom is -0.338 e. The first-order chi connectivity index (χ1) is 14.1. The van der Waals surface area contributed by atoms with Crippen molar-refractivity contribution in [3.05, 3.63) is 76.1 Å². The Kier molecular flexibility index (Phi) is 6.80. The normalized spacial score (nSPS) is 10.5. The van der Waals surface area contributed by atoms with E-state index in [2.05, 4.69) is 20.8 Å². The number of hydrogen-bond donors (Lipinski definition) is 2. The number of carbonyl (C=O) groups is 1. The Morgan fingerprint density at radius 3 is 2.48 bits per heavy atom. The average molecular weight is 412 g/mol. The number of nitro benzene ring substituents is 1. The Morgan fingerprint density at radius 2 is 1.83 bits per heavy atom. The monoisotopic (exact) mass is 412 g/mol. The smallest absolute Gasteiger partial charge is 0.315 e. The summed E-state index contributed by atoms with van der Waals surface area (Å²) < 4.78 is 1.80. The zero-order chi connectivity index (χ0) is 20.6. The summed E-state index contributed by atoms with van der Waals surface area (Å²) in [6, 6.07) is 15.8. The molecule has 0 aliphatic carbocycles. The van der Waals surface area contributed by atoms with E-state index in [-0.39, 0.29) is 18.3 Å². The Hall–Kier alpha value is -3.40. The summed E-state index contributed by atoms with van der Waals surface area (Å²) in [7, 11) is 0. The molecule has 150 valence electrons. The third-order valence-corrected chi connectivity index (χ3v) is 4.97. The van der Waals surface area contributed by atoms with Gasteiger partial charge < -0.3 is 10.6 Å². The fraction of sp³-hybridized carbons (Fsp3) is 0.211. The molecule has 0 unspecified atom stereocenters. The maximum atomic E-state index is 11.7. The summed E-state index contributed by atoms with van der Waals surface area (Å²) >= 11 is 1.50. The van der Waals surface area contributed by atoms with Gasteiger partial charge in [-0.05, 0) is 24.6 Å². The van der Waals surface area contributed by atoms with Gasteiger partial charge in [-0.1, -0.05) is 42.1 Å². The number of nitro groups is 1. The first-order valence-corrected chi connectivity index (χ1v) is 9.94. The van der Waals surface area contributed by atoms with E-state index in [1.807, 2.05) is 37.3 Å². The number of nitrogens with one attached hydrogen (secondary N) is 2. The third-order valence-electron chi connectivity index (χ3n) is 3.97. The van der Waals surface area contributed by atoms with Crippen LogP contribution in [0, 0.1) is 10.1 Å². The maximum Gasteiger partial charge on any atom is 0.315 e. The van der Waals surface area contributed by atoms with Gasteiger partial charge in [0.2, 0.25) is 0 Å². The number of aromatic nitrogens is 3. The van der Waals surface area contributed by atoms with E-state index in [4.69, 9.17) is 0 Å². The van der Waals surface area contributed by atoms with Crippen LogP contribution >= 0.6 is 11.8 Å². The Morgan fingerprint density at radius 1 is 1.10 bits per heavy atom. The molecule has 10 heteroatoms. The van der Waals surface area contributed by atoms with Crippen molar-refractivity contribution in [2.24, 2.45) is 0 Å². The SMILES string of the molecule is CCNC(=O)NCc1nnc(SCc2ccccc2)n1-c1ccc([N+](=O)[O-])cc1. The van der Waals surface area contributed by atoms with Crippen LogP contribution in [0.25, 0.3) is 5.69 Å². The molecular weight excluding hydrogens is 392 g/mol. The van der Waals surface area contributed by atoms with Crippen LogP contribution < -0.4 is 10.6 Å². The van der Waals surface area contributed by atoms with E-state index in [1.54, 1.807) is 16.7 Å². The summed E-state index contributed by atoms with van der Waals surface area (Å²) in [5, 5.41) is 25.4. The molecule has 0 spiro atoms.